The summed E-state index contributed by atoms with van der Waals surface area (Å²) in [6.07, 6.45) is 2.59. The van der Waals surface area contributed by atoms with Crippen LogP contribution < -0.4 is 0 Å². The second-order valence-electron chi connectivity index (χ2n) is 6.88. The summed E-state index contributed by atoms with van der Waals surface area (Å²) in [5, 5.41) is 0. The Balaban J connectivity index is 2.85. The SMILES string of the molecule is CCOC(=O)[C@H](CC(C)C)N(CCCCCCl)C(=O)OCc1ccccc1. The fraction of sp³-hybridized carbons (Fsp3) is 0.619. The van der Waals surface area contributed by atoms with Crippen LogP contribution in [0.3, 0.4) is 0 Å². The smallest absolute Gasteiger partial charge is 0.410 e. The number of hydrogen-bond acceptors (Lipinski definition) is 4. The van der Waals surface area contributed by atoms with Crippen molar-refractivity contribution in [3.8, 4) is 0 Å². The van der Waals surface area contributed by atoms with Crippen LogP contribution in [-0.2, 0) is 20.9 Å². The predicted molar refractivity (Wildman–Crippen MR) is 108 cm³/mol. The molecular weight excluding hydrogens is 366 g/mol. The number of unbranched alkanes of at least 4 members (excludes halogenated alkanes) is 2. The number of nitrogens with zero attached hydrogens (tertiary/aromatic N) is 1. The zero-order valence-corrected chi connectivity index (χ0v) is 17.4. The van der Waals surface area contributed by atoms with Crippen LogP contribution in [0.15, 0.2) is 30.3 Å². The lowest BCUT2D eigenvalue weighted by molar-refractivity contribution is -0.149. The summed E-state index contributed by atoms with van der Waals surface area (Å²) in [6, 6.07) is 8.86. The van der Waals surface area contributed by atoms with Gasteiger partial charge in [0.15, 0.2) is 0 Å². The molecule has 27 heavy (non-hydrogen) atoms. The number of carbonyl (C=O) groups excluding carboxylic acids is 2. The molecule has 0 aliphatic rings. The molecule has 152 valence electrons. The van der Waals surface area contributed by atoms with E-state index in [9.17, 15) is 9.59 Å². The summed E-state index contributed by atoms with van der Waals surface area (Å²) in [7, 11) is 0. The average molecular weight is 398 g/mol. The molecule has 1 rings (SSSR count). The van der Waals surface area contributed by atoms with Crippen molar-refractivity contribution < 1.29 is 19.1 Å². The summed E-state index contributed by atoms with van der Waals surface area (Å²) in [5.74, 6) is 0.457. The minimum atomic E-state index is -0.635. The molecule has 0 fully saturated rings. The molecule has 0 aliphatic carbocycles. The first-order chi connectivity index (χ1) is 13.0. The van der Waals surface area contributed by atoms with Crippen molar-refractivity contribution in [2.75, 3.05) is 19.0 Å². The second-order valence-corrected chi connectivity index (χ2v) is 7.26. The van der Waals surface area contributed by atoms with Crippen LogP contribution in [0, 0.1) is 5.92 Å². The Kier molecular flexibility index (Phi) is 11.6. The molecule has 0 saturated carbocycles. The van der Waals surface area contributed by atoms with Crippen molar-refractivity contribution in [1.29, 1.82) is 0 Å². The van der Waals surface area contributed by atoms with Gasteiger partial charge in [-0.15, -0.1) is 11.6 Å². The van der Waals surface area contributed by atoms with Crippen molar-refractivity contribution in [2.24, 2.45) is 5.92 Å². The standard InChI is InChI=1S/C21H32ClNO4/c1-4-26-20(24)19(15-17(2)3)23(14-10-6-9-13-22)21(25)27-16-18-11-7-5-8-12-18/h5,7-8,11-12,17,19H,4,6,9-10,13-16H2,1-3H3/t19-/m0/s1. The highest BCUT2D eigenvalue weighted by Gasteiger charge is 2.32. The number of alkyl halides is 1. The van der Waals surface area contributed by atoms with Gasteiger partial charge in [-0.2, -0.15) is 0 Å². The van der Waals surface area contributed by atoms with Gasteiger partial charge in [0, 0.05) is 12.4 Å². The van der Waals surface area contributed by atoms with E-state index >= 15 is 0 Å². The van der Waals surface area contributed by atoms with Gasteiger partial charge in [0.25, 0.3) is 0 Å². The number of carbonyl (C=O) groups is 2. The first kappa shape index (κ1) is 23.3. The zero-order valence-electron chi connectivity index (χ0n) is 16.7. The number of rotatable bonds is 12. The van der Waals surface area contributed by atoms with Crippen LogP contribution in [0.1, 0.15) is 52.0 Å². The quantitative estimate of drug-likeness (QED) is 0.282. The second kappa shape index (κ2) is 13.4. The topological polar surface area (TPSA) is 55.8 Å². The molecule has 0 N–H and O–H groups in total. The van der Waals surface area contributed by atoms with Gasteiger partial charge < -0.3 is 9.47 Å². The monoisotopic (exact) mass is 397 g/mol. The Hall–Kier alpha value is -1.75. The van der Waals surface area contributed by atoms with Gasteiger partial charge in [-0.25, -0.2) is 9.59 Å². The molecule has 1 atom stereocenters. The van der Waals surface area contributed by atoms with Crippen molar-refractivity contribution in [3.63, 3.8) is 0 Å². The maximum atomic E-state index is 12.8. The highest BCUT2D eigenvalue weighted by Crippen LogP contribution is 2.17. The van der Waals surface area contributed by atoms with Crippen LogP contribution in [-0.4, -0.2) is 42.0 Å². The van der Waals surface area contributed by atoms with Crippen LogP contribution in [0.2, 0.25) is 0 Å². The van der Waals surface area contributed by atoms with E-state index in [0.717, 1.165) is 24.8 Å². The van der Waals surface area contributed by atoms with Gasteiger partial charge in [-0.05, 0) is 37.7 Å². The largest absolute Gasteiger partial charge is 0.464 e. The lowest BCUT2D eigenvalue weighted by atomic mass is 10.0. The van der Waals surface area contributed by atoms with E-state index in [-0.39, 0.29) is 25.1 Å². The molecule has 0 bridgehead atoms. The van der Waals surface area contributed by atoms with Gasteiger partial charge in [-0.1, -0.05) is 50.6 Å². The van der Waals surface area contributed by atoms with Gasteiger partial charge in [0.2, 0.25) is 0 Å². The van der Waals surface area contributed by atoms with Crippen molar-refractivity contribution in [1.82, 2.24) is 4.90 Å². The molecule has 0 spiro atoms. The molecule has 0 radical (unpaired) electrons. The molecular formula is C21H32ClNO4. The number of halogens is 1. The number of benzene rings is 1. The van der Waals surface area contributed by atoms with Crippen molar-refractivity contribution in [2.45, 2.75) is 59.1 Å². The first-order valence-corrected chi connectivity index (χ1v) is 10.2. The summed E-state index contributed by atoms with van der Waals surface area (Å²) in [5.41, 5.74) is 0.907. The minimum absolute atomic E-state index is 0.176. The highest BCUT2D eigenvalue weighted by atomic mass is 35.5. The van der Waals surface area contributed by atoms with E-state index in [0.29, 0.717) is 18.8 Å². The summed E-state index contributed by atoms with van der Waals surface area (Å²) < 4.78 is 10.7. The van der Waals surface area contributed by atoms with Crippen LogP contribution in [0.25, 0.3) is 0 Å². The third-order valence-corrected chi connectivity index (χ3v) is 4.37. The summed E-state index contributed by atoms with van der Waals surface area (Å²) in [6.45, 7) is 6.71. The number of esters is 1. The van der Waals surface area contributed by atoms with E-state index < -0.39 is 12.1 Å². The number of ether oxygens (including phenoxy) is 2. The molecule has 5 nitrogen and oxygen atoms in total. The fourth-order valence-corrected chi connectivity index (χ4v) is 2.95. The van der Waals surface area contributed by atoms with Gasteiger partial charge in [0.1, 0.15) is 12.6 Å². The Morgan fingerprint density at radius 1 is 1.07 bits per heavy atom. The number of amides is 1. The Morgan fingerprint density at radius 2 is 1.78 bits per heavy atom. The molecule has 0 unspecified atom stereocenters. The van der Waals surface area contributed by atoms with Gasteiger partial charge in [0.05, 0.1) is 6.61 Å². The third kappa shape index (κ3) is 9.14. The third-order valence-electron chi connectivity index (χ3n) is 4.10. The molecule has 0 heterocycles. The molecule has 1 aromatic rings. The van der Waals surface area contributed by atoms with Gasteiger partial charge >= 0.3 is 12.1 Å². The Bertz CT molecular complexity index is 550. The van der Waals surface area contributed by atoms with Crippen LogP contribution in [0.4, 0.5) is 4.79 Å². The highest BCUT2D eigenvalue weighted by molar-refractivity contribution is 6.17. The van der Waals surface area contributed by atoms with E-state index in [2.05, 4.69) is 0 Å². The molecule has 1 amide bonds. The molecule has 6 heteroatoms. The van der Waals surface area contributed by atoms with Crippen LogP contribution in [0.5, 0.6) is 0 Å². The fourth-order valence-electron chi connectivity index (χ4n) is 2.77. The van der Waals surface area contributed by atoms with Gasteiger partial charge in [-0.3, -0.25) is 4.90 Å². The van der Waals surface area contributed by atoms with Crippen LogP contribution >= 0.6 is 11.6 Å². The van der Waals surface area contributed by atoms with E-state index in [1.54, 1.807) is 6.92 Å². The average Bonchev–Trinajstić information content (AvgIpc) is 2.65. The Morgan fingerprint density at radius 3 is 2.37 bits per heavy atom. The zero-order chi connectivity index (χ0) is 20.1. The molecule has 0 saturated heterocycles. The maximum Gasteiger partial charge on any atom is 0.410 e. The first-order valence-electron chi connectivity index (χ1n) is 9.69. The van der Waals surface area contributed by atoms with E-state index in [1.807, 2.05) is 44.2 Å². The van der Waals surface area contributed by atoms with E-state index in [4.69, 9.17) is 21.1 Å². The summed E-state index contributed by atoms with van der Waals surface area (Å²) >= 11 is 5.74. The summed E-state index contributed by atoms with van der Waals surface area (Å²) in [4.78, 5) is 26.8. The lowest BCUT2D eigenvalue weighted by Crippen LogP contribution is -2.47. The molecule has 0 aliphatic heterocycles. The number of hydrogen-bond donors (Lipinski definition) is 0. The minimum Gasteiger partial charge on any atom is -0.464 e. The Labute approximate surface area is 168 Å². The predicted octanol–water partition coefficient (Wildman–Crippen LogP) is 5.01. The molecule has 0 aromatic heterocycles. The lowest BCUT2D eigenvalue weighted by Gasteiger charge is -2.30. The maximum absolute atomic E-state index is 12.8. The van der Waals surface area contributed by atoms with Crippen molar-refractivity contribution in [3.05, 3.63) is 35.9 Å². The van der Waals surface area contributed by atoms with Crippen molar-refractivity contribution >= 4 is 23.7 Å². The van der Waals surface area contributed by atoms with E-state index in [1.165, 1.54) is 4.90 Å². The normalized spacial score (nSPS) is 11.9. The molecule has 1 aromatic carbocycles.